The van der Waals surface area contributed by atoms with Gasteiger partial charge in [0.05, 0.1) is 11.2 Å². The summed E-state index contributed by atoms with van der Waals surface area (Å²) in [6.07, 6.45) is 7.53. The Morgan fingerprint density at radius 2 is 1.68 bits per heavy atom. The maximum Gasteiger partial charge on any atom is 0.230 e. The Labute approximate surface area is 192 Å². The van der Waals surface area contributed by atoms with Gasteiger partial charge in [-0.3, -0.25) is 9.59 Å². The van der Waals surface area contributed by atoms with Crippen LogP contribution in [0.2, 0.25) is 0 Å². The monoisotopic (exact) mass is 463 g/mol. The summed E-state index contributed by atoms with van der Waals surface area (Å²) in [5.41, 5.74) is -0.0416. The molecule has 2 heterocycles. The molecule has 31 heavy (non-hydrogen) atoms. The number of anilines is 1. The highest BCUT2D eigenvalue weighted by molar-refractivity contribution is 8.01. The van der Waals surface area contributed by atoms with Crippen LogP contribution in [0.25, 0.3) is 0 Å². The molecule has 0 spiro atoms. The Kier molecular flexibility index (Phi) is 5.92. The second-order valence-corrected chi connectivity index (χ2v) is 12.5. The van der Waals surface area contributed by atoms with Gasteiger partial charge in [0, 0.05) is 32.2 Å². The van der Waals surface area contributed by atoms with E-state index in [1.54, 1.807) is 11.3 Å². The maximum absolute atomic E-state index is 13.6. The smallest absolute Gasteiger partial charge is 0.230 e. The normalized spacial score (nSPS) is 32.0. The Hall–Kier alpha value is -1.35. The van der Waals surface area contributed by atoms with Crippen molar-refractivity contribution in [2.45, 2.75) is 62.8 Å². The van der Waals surface area contributed by atoms with E-state index in [-0.39, 0.29) is 17.4 Å². The van der Waals surface area contributed by atoms with E-state index >= 15 is 0 Å². The van der Waals surface area contributed by atoms with Crippen LogP contribution in [0.3, 0.4) is 0 Å². The van der Waals surface area contributed by atoms with Crippen molar-refractivity contribution < 1.29 is 9.59 Å². The second kappa shape index (κ2) is 8.54. The minimum atomic E-state index is -0.0416. The number of thioether (sulfide) groups is 1. The third kappa shape index (κ3) is 4.45. The van der Waals surface area contributed by atoms with Crippen LogP contribution in [0, 0.1) is 23.2 Å². The molecule has 0 radical (unpaired) electrons. The molecule has 1 saturated heterocycles. The van der Waals surface area contributed by atoms with E-state index in [1.165, 1.54) is 31.0 Å². The highest BCUT2D eigenvalue weighted by Gasteiger charge is 2.55. The summed E-state index contributed by atoms with van der Waals surface area (Å²) in [6, 6.07) is 0.149. The molecule has 2 amide bonds. The number of amides is 2. The van der Waals surface area contributed by atoms with E-state index in [9.17, 15) is 9.59 Å². The highest BCUT2D eigenvalue weighted by Crippen LogP contribution is 2.60. The van der Waals surface area contributed by atoms with Crippen LogP contribution in [0.1, 0.15) is 52.4 Å². The van der Waals surface area contributed by atoms with Gasteiger partial charge >= 0.3 is 0 Å². The fourth-order valence-corrected chi connectivity index (χ4v) is 8.39. The molecule has 6 rings (SSSR count). The summed E-state index contributed by atoms with van der Waals surface area (Å²) >= 11 is 2.98. The molecule has 4 bridgehead atoms. The van der Waals surface area contributed by atoms with Crippen LogP contribution in [0.4, 0.5) is 5.13 Å². The van der Waals surface area contributed by atoms with E-state index in [2.05, 4.69) is 25.3 Å². The van der Waals surface area contributed by atoms with Gasteiger partial charge in [-0.1, -0.05) is 23.1 Å². The zero-order valence-corrected chi connectivity index (χ0v) is 20.1. The highest BCUT2D eigenvalue weighted by atomic mass is 32.2. The van der Waals surface area contributed by atoms with Gasteiger partial charge in [-0.05, 0) is 70.1 Å². The number of nitrogens with one attached hydrogen (secondary N) is 1. The fraction of sp³-hybridized carbons (Fsp3) is 0.818. The second-order valence-electron chi connectivity index (χ2n) is 10.3. The Balaban J connectivity index is 1.14. The van der Waals surface area contributed by atoms with Crippen molar-refractivity contribution in [2.75, 3.05) is 36.8 Å². The quantitative estimate of drug-likeness (QED) is 0.654. The van der Waals surface area contributed by atoms with Crippen molar-refractivity contribution >= 4 is 40.0 Å². The molecule has 1 aliphatic heterocycles. The number of aromatic nitrogens is 2. The lowest BCUT2D eigenvalue weighted by Crippen LogP contribution is -2.58. The SMILES string of the molecule is CC(C)NC(=O)CSc1nnc(N2CCN(C(=O)C34CC5CC(CC(C5)C3)C4)CC2)s1. The third-order valence-electron chi connectivity index (χ3n) is 7.50. The molecule has 0 aromatic carbocycles. The van der Waals surface area contributed by atoms with Gasteiger partial charge in [0.25, 0.3) is 0 Å². The minimum Gasteiger partial charge on any atom is -0.353 e. The Bertz CT molecular complexity index is 798. The molecular formula is C22H33N5O2S2. The fourth-order valence-electron chi connectivity index (χ4n) is 6.69. The molecule has 5 aliphatic rings. The largest absolute Gasteiger partial charge is 0.353 e. The van der Waals surface area contributed by atoms with Crippen LogP contribution in [-0.2, 0) is 9.59 Å². The van der Waals surface area contributed by atoms with E-state index in [4.69, 9.17) is 0 Å². The molecule has 0 unspecified atom stereocenters. The van der Waals surface area contributed by atoms with Crippen molar-refractivity contribution in [3.8, 4) is 0 Å². The summed E-state index contributed by atoms with van der Waals surface area (Å²) < 4.78 is 0.820. The van der Waals surface area contributed by atoms with Crippen LogP contribution in [0.15, 0.2) is 4.34 Å². The average molecular weight is 464 g/mol. The zero-order chi connectivity index (χ0) is 21.6. The lowest BCUT2D eigenvalue weighted by Gasteiger charge is -2.57. The van der Waals surface area contributed by atoms with Crippen molar-refractivity contribution in [1.82, 2.24) is 20.4 Å². The van der Waals surface area contributed by atoms with Crippen LogP contribution >= 0.6 is 23.1 Å². The first-order valence-electron chi connectivity index (χ1n) is 11.7. The number of hydrogen-bond donors (Lipinski definition) is 1. The van der Waals surface area contributed by atoms with Crippen molar-refractivity contribution in [3.05, 3.63) is 0 Å². The van der Waals surface area contributed by atoms with Gasteiger partial charge < -0.3 is 15.1 Å². The number of carbonyl (C=O) groups excluding carboxylic acids is 2. The van der Waals surface area contributed by atoms with Crippen LogP contribution in [0.5, 0.6) is 0 Å². The van der Waals surface area contributed by atoms with Gasteiger partial charge in [-0.15, -0.1) is 10.2 Å². The van der Waals surface area contributed by atoms with E-state index in [0.717, 1.165) is 72.7 Å². The topological polar surface area (TPSA) is 78.4 Å². The number of rotatable bonds is 6. The average Bonchev–Trinajstić information content (AvgIpc) is 3.19. The van der Waals surface area contributed by atoms with Crippen molar-refractivity contribution in [3.63, 3.8) is 0 Å². The molecule has 7 nitrogen and oxygen atoms in total. The third-order valence-corrected chi connectivity index (χ3v) is 9.62. The van der Waals surface area contributed by atoms with Gasteiger partial charge in [0.1, 0.15) is 0 Å². The number of hydrogen-bond acceptors (Lipinski definition) is 7. The number of nitrogens with zero attached hydrogens (tertiary/aromatic N) is 4. The van der Waals surface area contributed by atoms with Gasteiger partial charge in [0.2, 0.25) is 16.9 Å². The summed E-state index contributed by atoms with van der Waals surface area (Å²) in [5.74, 6) is 3.23. The van der Waals surface area contributed by atoms with Crippen LogP contribution in [-0.4, -0.2) is 64.9 Å². The number of piperazine rings is 1. The summed E-state index contributed by atoms with van der Waals surface area (Å²) in [7, 11) is 0. The molecule has 4 aliphatic carbocycles. The molecule has 1 aromatic rings. The standard InChI is InChI=1S/C22H33N5O2S2/c1-14(2)23-18(28)13-30-21-25-24-20(31-21)27-5-3-26(4-6-27)19(29)22-10-15-7-16(11-22)9-17(8-15)12-22/h14-17H,3-13H2,1-2H3,(H,23,28). The molecule has 1 aromatic heterocycles. The summed E-state index contributed by atoms with van der Waals surface area (Å²) in [4.78, 5) is 29.8. The lowest BCUT2D eigenvalue weighted by atomic mass is 9.49. The molecule has 4 saturated carbocycles. The molecule has 1 N–H and O–H groups in total. The molecule has 5 fully saturated rings. The first-order chi connectivity index (χ1) is 14.9. The van der Waals surface area contributed by atoms with E-state index in [1.807, 2.05) is 13.8 Å². The summed E-state index contributed by atoms with van der Waals surface area (Å²) in [6.45, 7) is 7.09. The van der Waals surface area contributed by atoms with Gasteiger partial charge in [-0.2, -0.15) is 0 Å². The first kappa shape index (κ1) is 21.5. The first-order valence-corrected chi connectivity index (χ1v) is 13.5. The molecule has 170 valence electrons. The van der Waals surface area contributed by atoms with Crippen molar-refractivity contribution in [2.24, 2.45) is 23.2 Å². The van der Waals surface area contributed by atoms with Crippen LogP contribution < -0.4 is 10.2 Å². The Morgan fingerprint density at radius 3 is 2.26 bits per heavy atom. The maximum atomic E-state index is 13.6. The van der Waals surface area contributed by atoms with Gasteiger partial charge in [-0.25, -0.2) is 0 Å². The molecule has 9 heteroatoms. The molecule has 0 atom stereocenters. The minimum absolute atomic E-state index is 0.0218. The zero-order valence-electron chi connectivity index (χ0n) is 18.5. The van der Waals surface area contributed by atoms with Crippen molar-refractivity contribution in [1.29, 1.82) is 0 Å². The predicted molar refractivity (Wildman–Crippen MR) is 123 cm³/mol. The van der Waals surface area contributed by atoms with E-state index in [0.29, 0.717) is 11.7 Å². The number of carbonyl (C=O) groups is 2. The lowest BCUT2D eigenvalue weighted by molar-refractivity contribution is -0.158. The van der Waals surface area contributed by atoms with Gasteiger partial charge in [0.15, 0.2) is 4.34 Å². The predicted octanol–water partition coefficient (Wildman–Crippen LogP) is 3.02. The Morgan fingerprint density at radius 1 is 1.06 bits per heavy atom. The molecular weight excluding hydrogens is 430 g/mol. The van der Waals surface area contributed by atoms with E-state index < -0.39 is 0 Å². The summed E-state index contributed by atoms with van der Waals surface area (Å²) in [5, 5.41) is 12.4.